The number of carbonyl (C=O) groups excluding carboxylic acids is 2. The second-order valence-corrected chi connectivity index (χ2v) is 7.10. The van der Waals surface area contributed by atoms with E-state index in [2.05, 4.69) is 15.6 Å². The second-order valence-electron chi connectivity index (χ2n) is 5.03. The lowest BCUT2D eigenvalue weighted by Crippen LogP contribution is -2.48. The molecule has 0 fully saturated rings. The van der Waals surface area contributed by atoms with Crippen molar-refractivity contribution in [3.63, 3.8) is 0 Å². The Morgan fingerprint density at radius 1 is 1.42 bits per heavy atom. The fraction of sp³-hybridized carbons (Fsp3) is 0.438. The lowest BCUT2D eigenvalue weighted by atomic mass is 10.1. The van der Waals surface area contributed by atoms with E-state index in [1.54, 1.807) is 36.0 Å². The predicted octanol–water partition coefficient (Wildman–Crippen LogP) is 1.77. The Bertz CT molecular complexity index is 622. The van der Waals surface area contributed by atoms with Crippen LogP contribution in [0.3, 0.4) is 0 Å². The predicted molar refractivity (Wildman–Crippen MR) is 100 cm³/mol. The molecule has 6 nitrogen and oxygen atoms in total. The van der Waals surface area contributed by atoms with Gasteiger partial charge in [0, 0.05) is 5.75 Å². The third-order valence-corrected chi connectivity index (χ3v) is 4.93. The minimum absolute atomic E-state index is 0.236. The summed E-state index contributed by atoms with van der Waals surface area (Å²) in [5.74, 6) is 1.56. The van der Waals surface area contributed by atoms with Crippen LogP contribution in [0, 0.1) is 0 Å². The minimum atomic E-state index is -0.612. The highest BCUT2D eigenvalue weighted by molar-refractivity contribution is 8.14. The standard InChI is InChI=1S/C16H21N3O3S2/c1-22-13-6-4-3-5-11(13)14(20)18-12(7-9-23-2)15(21)19-16-17-8-10-24-16/h3-6,12H,7-10H2,1-2H3,(H,18,20)(H,17,19,21)/t12-/m0/s1. The number of amidine groups is 1. The quantitative estimate of drug-likeness (QED) is 0.768. The number of hydrogen-bond acceptors (Lipinski definition) is 6. The minimum Gasteiger partial charge on any atom is -0.496 e. The number of hydrogen-bond donors (Lipinski definition) is 2. The topological polar surface area (TPSA) is 79.8 Å². The molecule has 0 aromatic heterocycles. The van der Waals surface area contributed by atoms with Crippen molar-refractivity contribution in [2.24, 2.45) is 4.99 Å². The van der Waals surface area contributed by atoms with Gasteiger partial charge in [-0.05, 0) is 30.6 Å². The van der Waals surface area contributed by atoms with Crippen molar-refractivity contribution < 1.29 is 14.3 Å². The van der Waals surface area contributed by atoms with Gasteiger partial charge in [-0.25, -0.2) is 0 Å². The summed E-state index contributed by atoms with van der Waals surface area (Å²) in [7, 11) is 1.51. The number of aliphatic imine (C=N–C) groups is 1. The molecule has 0 saturated heterocycles. The van der Waals surface area contributed by atoms with Gasteiger partial charge in [0.1, 0.15) is 11.8 Å². The molecule has 1 aromatic rings. The summed E-state index contributed by atoms with van der Waals surface area (Å²) in [6.45, 7) is 0.712. The van der Waals surface area contributed by atoms with Gasteiger partial charge in [-0.1, -0.05) is 23.9 Å². The first-order chi connectivity index (χ1) is 11.7. The van der Waals surface area contributed by atoms with Crippen LogP contribution >= 0.6 is 23.5 Å². The van der Waals surface area contributed by atoms with E-state index in [-0.39, 0.29) is 11.8 Å². The van der Waals surface area contributed by atoms with Crippen molar-refractivity contribution in [3.05, 3.63) is 29.8 Å². The summed E-state index contributed by atoms with van der Waals surface area (Å²) in [6, 6.07) is 6.34. The summed E-state index contributed by atoms with van der Waals surface area (Å²) >= 11 is 3.14. The van der Waals surface area contributed by atoms with E-state index in [0.29, 0.717) is 29.4 Å². The molecule has 1 aliphatic rings. The molecule has 1 aromatic carbocycles. The number of rotatable bonds is 7. The molecular formula is C16H21N3O3S2. The van der Waals surface area contributed by atoms with Crippen molar-refractivity contribution >= 4 is 40.5 Å². The zero-order chi connectivity index (χ0) is 17.4. The van der Waals surface area contributed by atoms with Gasteiger partial charge in [0.25, 0.3) is 5.91 Å². The second kappa shape index (κ2) is 9.58. The molecule has 0 unspecified atom stereocenters. The Morgan fingerprint density at radius 2 is 2.21 bits per heavy atom. The number of thioether (sulfide) groups is 2. The van der Waals surface area contributed by atoms with E-state index in [4.69, 9.17) is 4.74 Å². The maximum absolute atomic E-state index is 12.5. The Kier molecular flexibility index (Phi) is 7.45. The Labute approximate surface area is 150 Å². The largest absolute Gasteiger partial charge is 0.496 e. The van der Waals surface area contributed by atoms with Crippen LogP contribution in [0.2, 0.25) is 0 Å². The molecule has 1 atom stereocenters. The number of ether oxygens (including phenoxy) is 1. The lowest BCUT2D eigenvalue weighted by molar-refractivity contribution is -0.121. The van der Waals surface area contributed by atoms with Gasteiger partial charge >= 0.3 is 0 Å². The average Bonchev–Trinajstić information content (AvgIpc) is 3.11. The first-order valence-electron chi connectivity index (χ1n) is 7.56. The van der Waals surface area contributed by atoms with E-state index < -0.39 is 6.04 Å². The van der Waals surface area contributed by atoms with Crippen LogP contribution in [0.25, 0.3) is 0 Å². The molecule has 130 valence electrons. The highest BCUT2D eigenvalue weighted by Gasteiger charge is 2.24. The van der Waals surface area contributed by atoms with Crippen molar-refractivity contribution in [2.45, 2.75) is 12.5 Å². The highest BCUT2D eigenvalue weighted by atomic mass is 32.2. The third-order valence-electron chi connectivity index (χ3n) is 3.40. The average molecular weight is 367 g/mol. The molecule has 1 aliphatic heterocycles. The molecule has 0 aliphatic carbocycles. The monoisotopic (exact) mass is 367 g/mol. The summed E-state index contributed by atoms with van der Waals surface area (Å²) < 4.78 is 5.21. The van der Waals surface area contributed by atoms with Crippen LogP contribution < -0.4 is 15.4 Å². The number of benzene rings is 1. The van der Waals surface area contributed by atoms with Crippen LogP contribution in [0.1, 0.15) is 16.8 Å². The van der Waals surface area contributed by atoms with Gasteiger partial charge in [-0.3, -0.25) is 14.6 Å². The maximum Gasteiger partial charge on any atom is 0.255 e. The van der Waals surface area contributed by atoms with E-state index in [0.717, 1.165) is 11.5 Å². The number of nitrogens with one attached hydrogen (secondary N) is 2. The highest BCUT2D eigenvalue weighted by Crippen LogP contribution is 2.17. The maximum atomic E-state index is 12.5. The SMILES string of the molecule is COc1ccccc1C(=O)N[C@@H](CCSC)C(=O)NC1=NCCS1. The van der Waals surface area contributed by atoms with Gasteiger partial charge in [-0.15, -0.1) is 0 Å². The van der Waals surface area contributed by atoms with Crippen molar-refractivity contribution in [1.82, 2.24) is 10.6 Å². The van der Waals surface area contributed by atoms with Gasteiger partial charge < -0.3 is 15.4 Å². The fourth-order valence-electron chi connectivity index (χ4n) is 2.18. The number of methoxy groups -OCH3 is 1. The van der Waals surface area contributed by atoms with Crippen molar-refractivity contribution in [2.75, 3.05) is 31.4 Å². The molecule has 0 bridgehead atoms. The molecule has 2 rings (SSSR count). The van der Waals surface area contributed by atoms with Gasteiger partial charge in [-0.2, -0.15) is 11.8 Å². The third kappa shape index (κ3) is 5.17. The summed E-state index contributed by atoms with van der Waals surface area (Å²) in [5, 5.41) is 6.23. The van der Waals surface area contributed by atoms with Gasteiger partial charge in [0.2, 0.25) is 5.91 Å². The number of carbonyl (C=O) groups is 2. The molecule has 0 radical (unpaired) electrons. The smallest absolute Gasteiger partial charge is 0.255 e. The van der Waals surface area contributed by atoms with E-state index >= 15 is 0 Å². The van der Waals surface area contributed by atoms with Crippen LogP contribution in [0.4, 0.5) is 0 Å². The zero-order valence-corrected chi connectivity index (χ0v) is 15.3. The van der Waals surface area contributed by atoms with Crippen LogP contribution in [0.15, 0.2) is 29.3 Å². The molecule has 24 heavy (non-hydrogen) atoms. The Balaban J connectivity index is 2.06. The van der Waals surface area contributed by atoms with Crippen LogP contribution in [-0.4, -0.2) is 54.4 Å². The fourth-order valence-corrected chi connectivity index (χ4v) is 3.38. The Morgan fingerprint density at radius 3 is 2.88 bits per heavy atom. The molecule has 2 amide bonds. The zero-order valence-electron chi connectivity index (χ0n) is 13.7. The van der Waals surface area contributed by atoms with E-state index in [1.165, 1.54) is 18.9 Å². The Hall–Kier alpha value is -1.67. The van der Waals surface area contributed by atoms with E-state index in [9.17, 15) is 9.59 Å². The first kappa shape index (κ1) is 18.7. The van der Waals surface area contributed by atoms with Gasteiger partial charge in [0.05, 0.1) is 19.2 Å². The molecule has 8 heteroatoms. The normalized spacial score (nSPS) is 14.7. The van der Waals surface area contributed by atoms with E-state index in [1.807, 2.05) is 6.26 Å². The summed E-state index contributed by atoms with van der Waals surface area (Å²) in [6.07, 6.45) is 2.51. The van der Waals surface area contributed by atoms with Crippen molar-refractivity contribution in [1.29, 1.82) is 0 Å². The lowest BCUT2D eigenvalue weighted by Gasteiger charge is -2.18. The number of nitrogens with zero attached hydrogens (tertiary/aromatic N) is 1. The number of para-hydroxylation sites is 1. The first-order valence-corrected chi connectivity index (χ1v) is 9.94. The molecule has 1 heterocycles. The number of amides is 2. The molecule has 2 N–H and O–H groups in total. The van der Waals surface area contributed by atoms with Crippen LogP contribution in [-0.2, 0) is 4.79 Å². The van der Waals surface area contributed by atoms with Crippen LogP contribution in [0.5, 0.6) is 5.75 Å². The molecule has 0 spiro atoms. The summed E-state index contributed by atoms with van der Waals surface area (Å²) in [4.78, 5) is 29.2. The molecule has 0 saturated carbocycles. The van der Waals surface area contributed by atoms with Gasteiger partial charge in [0.15, 0.2) is 5.17 Å². The van der Waals surface area contributed by atoms with Crippen molar-refractivity contribution in [3.8, 4) is 5.75 Å². The molecular weight excluding hydrogens is 346 g/mol. The summed E-state index contributed by atoms with van der Waals surface area (Å²) in [5.41, 5.74) is 0.412.